The predicted octanol–water partition coefficient (Wildman–Crippen LogP) is 1.62. The van der Waals surface area contributed by atoms with Crippen LogP contribution < -0.4 is 0 Å². The van der Waals surface area contributed by atoms with E-state index < -0.39 is 0 Å². The van der Waals surface area contributed by atoms with Crippen LogP contribution in [0.1, 0.15) is 19.3 Å². The maximum absolute atomic E-state index is 4.25. The Balaban J connectivity index is 2.05. The Morgan fingerprint density at radius 2 is 1.44 bits per heavy atom. The van der Waals surface area contributed by atoms with Crippen LogP contribution in [-0.4, -0.2) is 12.1 Å². The molecule has 2 aliphatic carbocycles. The quantitative estimate of drug-likeness (QED) is 0.466. The molecule has 2 aliphatic heterocycles. The highest BCUT2D eigenvalue weighted by Crippen LogP contribution is 2.54. The highest BCUT2D eigenvalue weighted by atomic mass is 15.2. The minimum Gasteiger partial charge on any atom is -0.190 e. The van der Waals surface area contributed by atoms with Crippen LogP contribution in [0.4, 0.5) is 0 Å². The highest BCUT2D eigenvalue weighted by molar-refractivity contribution is 5.07. The second-order valence-electron chi connectivity index (χ2n) is 3.51. The van der Waals surface area contributed by atoms with Crippen LogP contribution in [0.3, 0.4) is 0 Å². The monoisotopic (exact) mass is 122 g/mol. The molecule has 0 aromatic carbocycles. The summed E-state index contributed by atoms with van der Waals surface area (Å²) in [4.78, 5) is 0. The van der Waals surface area contributed by atoms with Crippen molar-refractivity contribution in [2.45, 2.75) is 31.3 Å². The molecule has 0 radical (unpaired) electrons. The minimum absolute atomic E-state index is 0.653. The van der Waals surface area contributed by atoms with Crippen LogP contribution in [0.5, 0.6) is 0 Å². The smallest absolute Gasteiger partial charge is 0.0740 e. The molecule has 2 fully saturated rings. The van der Waals surface area contributed by atoms with Crippen molar-refractivity contribution in [3.05, 3.63) is 0 Å². The lowest BCUT2D eigenvalue weighted by molar-refractivity contribution is 0.306. The molecule has 0 spiro atoms. The van der Waals surface area contributed by atoms with E-state index in [0.717, 1.165) is 11.8 Å². The van der Waals surface area contributed by atoms with Gasteiger partial charge in [-0.1, -0.05) is 0 Å². The lowest BCUT2D eigenvalue weighted by Crippen LogP contribution is -2.27. The molecule has 2 heteroatoms. The molecule has 0 aromatic heterocycles. The summed E-state index contributed by atoms with van der Waals surface area (Å²) in [5, 5.41) is 8.49. The first kappa shape index (κ1) is 4.42. The fraction of sp³-hybridized carbons (Fsp3) is 1.00. The van der Waals surface area contributed by atoms with E-state index in [9.17, 15) is 0 Å². The van der Waals surface area contributed by atoms with Crippen molar-refractivity contribution in [2.24, 2.45) is 22.1 Å². The summed E-state index contributed by atoms with van der Waals surface area (Å²) in [5.41, 5.74) is 0. The van der Waals surface area contributed by atoms with Gasteiger partial charge >= 0.3 is 0 Å². The average Bonchev–Trinajstić information content (AvgIpc) is 2.68. The van der Waals surface area contributed by atoms with E-state index in [4.69, 9.17) is 0 Å². The Bertz CT molecular complexity index is 158. The van der Waals surface area contributed by atoms with E-state index >= 15 is 0 Å². The lowest BCUT2D eigenvalue weighted by atomic mass is 9.91. The van der Waals surface area contributed by atoms with Crippen LogP contribution >= 0.6 is 0 Å². The standard InChI is InChI=1S/C7H10N2/c1-2-7-5-3-4(5)6(1)8-9-7/h4-7H,1-3H2/t4-,5-,6-,7+/m0/s1. The third-order valence-corrected chi connectivity index (χ3v) is 3.00. The highest BCUT2D eigenvalue weighted by Gasteiger charge is 2.53. The first-order valence-electron chi connectivity index (χ1n) is 3.85. The van der Waals surface area contributed by atoms with Gasteiger partial charge in [0, 0.05) is 0 Å². The Morgan fingerprint density at radius 1 is 0.889 bits per heavy atom. The maximum atomic E-state index is 4.25. The van der Waals surface area contributed by atoms with Gasteiger partial charge in [-0.3, -0.25) is 0 Å². The predicted molar refractivity (Wildman–Crippen MR) is 33.3 cm³/mol. The molecule has 4 rings (SSSR count). The molecule has 2 bridgehead atoms. The molecule has 4 atom stereocenters. The zero-order valence-electron chi connectivity index (χ0n) is 5.33. The van der Waals surface area contributed by atoms with Crippen molar-refractivity contribution < 1.29 is 0 Å². The largest absolute Gasteiger partial charge is 0.190 e. The molecule has 2 nitrogen and oxygen atoms in total. The van der Waals surface area contributed by atoms with Crippen molar-refractivity contribution in [3.63, 3.8) is 0 Å². The molecular formula is C7H10N2. The molecule has 2 saturated carbocycles. The number of fused-ring (bicyclic) bond motifs is 1. The van der Waals surface area contributed by atoms with Gasteiger partial charge in [-0.25, -0.2) is 0 Å². The first-order chi connectivity index (χ1) is 4.45. The van der Waals surface area contributed by atoms with Gasteiger partial charge in [-0.15, -0.1) is 0 Å². The van der Waals surface area contributed by atoms with E-state index in [1.165, 1.54) is 19.3 Å². The zero-order valence-corrected chi connectivity index (χ0v) is 5.33. The minimum atomic E-state index is 0.653. The lowest BCUT2D eigenvalue weighted by Gasteiger charge is -2.26. The Labute approximate surface area is 54.4 Å². The van der Waals surface area contributed by atoms with Crippen molar-refractivity contribution in [1.29, 1.82) is 0 Å². The summed E-state index contributed by atoms with van der Waals surface area (Å²) in [6.07, 6.45) is 4.09. The number of nitrogens with zero attached hydrogens (tertiary/aromatic N) is 2. The molecule has 48 valence electrons. The molecule has 2 heterocycles. The van der Waals surface area contributed by atoms with E-state index in [-0.39, 0.29) is 0 Å². The molecule has 0 amide bonds. The molecule has 9 heavy (non-hydrogen) atoms. The fourth-order valence-corrected chi connectivity index (χ4v) is 2.35. The number of hydrogen-bond donors (Lipinski definition) is 0. The third kappa shape index (κ3) is 0.428. The summed E-state index contributed by atoms with van der Waals surface area (Å²) in [7, 11) is 0. The summed E-state index contributed by atoms with van der Waals surface area (Å²) in [6, 6.07) is 1.31. The second-order valence-corrected chi connectivity index (χ2v) is 3.51. The SMILES string of the molecule is C1[C@H]2[C@H]1[C@H]1CC[C@@H]2N=N1. The van der Waals surface area contributed by atoms with E-state index in [1.807, 2.05) is 0 Å². The van der Waals surface area contributed by atoms with Crippen molar-refractivity contribution >= 4 is 0 Å². The van der Waals surface area contributed by atoms with Gasteiger partial charge in [0.15, 0.2) is 0 Å². The molecule has 0 unspecified atom stereocenters. The van der Waals surface area contributed by atoms with Gasteiger partial charge in [0.1, 0.15) is 0 Å². The van der Waals surface area contributed by atoms with Crippen LogP contribution in [0.2, 0.25) is 0 Å². The van der Waals surface area contributed by atoms with Gasteiger partial charge < -0.3 is 0 Å². The summed E-state index contributed by atoms with van der Waals surface area (Å²) in [6.45, 7) is 0. The van der Waals surface area contributed by atoms with Crippen molar-refractivity contribution in [3.8, 4) is 0 Å². The van der Waals surface area contributed by atoms with Crippen LogP contribution in [0.15, 0.2) is 10.2 Å². The molecule has 0 aromatic rings. The second kappa shape index (κ2) is 1.20. The van der Waals surface area contributed by atoms with E-state index in [0.29, 0.717) is 12.1 Å². The topological polar surface area (TPSA) is 24.7 Å². The summed E-state index contributed by atoms with van der Waals surface area (Å²) < 4.78 is 0. The Morgan fingerprint density at radius 3 is 1.78 bits per heavy atom. The first-order valence-corrected chi connectivity index (χ1v) is 3.85. The Hall–Kier alpha value is -0.400. The molecule has 4 aliphatic rings. The average molecular weight is 122 g/mol. The van der Waals surface area contributed by atoms with Gasteiger partial charge in [0.05, 0.1) is 12.1 Å². The van der Waals surface area contributed by atoms with Crippen LogP contribution in [0, 0.1) is 11.8 Å². The summed E-state index contributed by atoms with van der Waals surface area (Å²) in [5.74, 6) is 1.95. The van der Waals surface area contributed by atoms with Gasteiger partial charge in [0.25, 0.3) is 0 Å². The van der Waals surface area contributed by atoms with Gasteiger partial charge in [-0.2, -0.15) is 10.2 Å². The zero-order chi connectivity index (χ0) is 5.84. The number of azo groups is 1. The number of hydrogen-bond acceptors (Lipinski definition) is 2. The fourth-order valence-electron chi connectivity index (χ4n) is 2.35. The maximum Gasteiger partial charge on any atom is 0.0740 e. The van der Waals surface area contributed by atoms with E-state index in [2.05, 4.69) is 10.2 Å². The van der Waals surface area contributed by atoms with E-state index in [1.54, 1.807) is 0 Å². The van der Waals surface area contributed by atoms with Crippen LogP contribution in [-0.2, 0) is 0 Å². The number of rotatable bonds is 0. The third-order valence-electron chi connectivity index (χ3n) is 3.00. The van der Waals surface area contributed by atoms with Gasteiger partial charge in [-0.05, 0) is 31.1 Å². The molecule has 0 saturated heterocycles. The molecule has 0 N–H and O–H groups in total. The normalized spacial score (nSPS) is 59.6. The van der Waals surface area contributed by atoms with Crippen molar-refractivity contribution in [2.75, 3.05) is 0 Å². The Kier molecular flexibility index (Phi) is 0.590. The van der Waals surface area contributed by atoms with Crippen LogP contribution in [0.25, 0.3) is 0 Å². The summed E-state index contributed by atoms with van der Waals surface area (Å²) >= 11 is 0. The van der Waals surface area contributed by atoms with Gasteiger partial charge in [0.2, 0.25) is 0 Å². The molecular weight excluding hydrogens is 112 g/mol. The van der Waals surface area contributed by atoms with Crippen molar-refractivity contribution in [1.82, 2.24) is 0 Å².